The standard InChI is InChI=1S/C10H23O4P/c1-4-6-7-8-9-10-14-15(11,12-3)13-5-2/h4-10H2,1-3H3. The molecule has 0 aliphatic carbocycles. The predicted octanol–water partition coefficient (Wildman–Crippen LogP) is 3.76. The van der Waals surface area contributed by atoms with Gasteiger partial charge in [-0.3, -0.25) is 13.6 Å². The number of phosphoric ester groups is 1. The fraction of sp³-hybridized carbons (Fsp3) is 1.00. The summed E-state index contributed by atoms with van der Waals surface area (Å²) in [6.07, 6.45) is 5.67. The van der Waals surface area contributed by atoms with Gasteiger partial charge in [-0.2, -0.15) is 0 Å². The molecule has 0 aromatic carbocycles. The fourth-order valence-corrected chi connectivity index (χ4v) is 2.14. The minimum Gasteiger partial charge on any atom is -0.290 e. The van der Waals surface area contributed by atoms with Crippen molar-refractivity contribution in [3.63, 3.8) is 0 Å². The summed E-state index contributed by atoms with van der Waals surface area (Å²) >= 11 is 0. The Kier molecular flexibility index (Phi) is 9.41. The van der Waals surface area contributed by atoms with E-state index >= 15 is 0 Å². The lowest BCUT2D eigenvalue weighted by Gasteiger charge is -2.14. The molecule has 0 amide bonds. The topological polar surface area (TPSA) is 44.8 Å². The van der Waals surface area contributed by atoms with E-state index in [4.69, 9.17) is 13.6 Å². The highest BCUT2D eigenvalue weighted by Gasteiger charge is 2.23. The second-order valence-corrected chi connectivity index (χ2v) is 5.07. The first-order chi connectivity index (χ1) is 7.18. The molecule has 0 N–H and O–H groups in total. The van der Waals surface area contributed by atoms with Gasteiger partial charge in [0.2, 0.25) is 0 Å². The smallest absolute Gasteiger partial charge is 0.290 e. The molecule has 0 saturated carbocycles. The molecule has 0 aromatic rings. The molecule has 5 heteroatoms. The monoisotopic (exact) mass is 238 g/mol. The van der Waals surface area contributed by atoms with Gasteiger partial charge in [-0.25, -0.2) is 4.57 Å². The van der Waals surface area contributed by atoms with Crippen molar-refractivity contribution >= 4 is 7.82 Å². The van der Waals surface area contributed by atoms with E-state index in [1.165, 1.54) is 26.4 Å². The van der Waals surface area contributed by atoms with Crippen LogP contribution in [0.1, 0.15) is 46.0 Å². The second-order valence-electron chi connectivity index (χ2n) is 3.29. The van der Waals surface area contributed by atoms with Crippen LogP contribution >= 0.6 is 7.82 Å². The Morgan fingerprint density at radius 3 is 2.20 bits per heavy atom. The van der Waals surface area contributed by atoms with Crippen LogP contribution in [0.15, 0.2) is 0 Å². The van der Waals surface area contributed by atoms with Crippen LogP contribution in [0.2, 0.25) is 0 Å². The lowest BCUT2D eigenvalue weighted by atomic mass is 10.2. The summed E-state index contributed by atoms with van der Waals surface area (Å²) < 4.78 is 26.3. The Morgan fingerprint density at radius 2 is 1.67 bits per heavy atom. The van der Waals surface area contributed by atoms with E-state index in [0.717, 1.165) is 12.8 Å². The van der Waals surface area contributed by atoms with Crippen molar-refractivity contribution in [2.45, 2.75) is 46.0 Å². The maximum absolute atomic E-state index is 11.6. The van der Waals surface area contributed by atoms with Crippen molar-refractivity contribution in [1.82, 2.24) is 0 Å². The van der Waals surface area contributed by atoms with E-state index in [1.54, 1.807) is 6.92 Å². The average Bonchev–Trinajstić information content (AvgIpc) is 2.24. The molecule has 0 bridgehead atoms. The summed E-state index contributed by atoms with van der Waals surface area (Å²) in [5, 5.41) is 0. The minimum absolute atomic E-state index is 0.334. The van der Waals surface area contributed by atoms with Crippen LogP contribution in [0.3, 0.4) is 0 Å². The largest absolute Gasteiger partial charge is 0.474 e. The summed E-state index contributed by atoms with van der Waals surface area (Å²) in [7, 11) is -1.92. The van der Waals surface area contributed by atoms with Crippen LogP contribution in [-0.4, -0.2) is 20.3 Å². The first-order valence-electron chi connectivity index (χ1n) is 5.63. The third kappa shape index (κ3) is 7.97. The van der Waals surface area contributed by atoms with E-state index in [2.05, 4.69) is 6.92 Å². The van der Waals surface area contributed by atoms with Crippen LogP contribution < -0.4 is 0 Å². The Morgan fingerprint density at radius 1 is 1.00 bits per heavy atom. The van der Waals surface area contributed by atoms with Crippen molar-refractivity contribution in [3.8, 4) is 0 Å². The van der Waals surface area contributed by atoms with Crippen molar-refractivity contribution < 1.29 is 18.1 Å². The lowest BCUT2D eigenvalue weighted by molar-refractivity contribution is 0.134. The summed E-state index contributed by atoms with van der Waals surface area (Å²) in [4.78, 5) is 0. The molecule has 0 heterocycles. The Hall–Kier alpha value is 0.110. The van der Waals surface area contributed by atoms with Gasteiger partial charge in [0, 0.05) is 7.11 Å². The summed E-state index contributed by atoms with van der Waals surface area (Å²) in [5.74, 6) is 0. The SMILES string of the molecule is CCCCCCCOP(=O)(OC)OCC. The predicted molar refractivity (Wildman–Crippen MR) is 61.0 cm³/mol. The quantitative estimate of drug-likeness (QED) is 0.429. The Labute approximate surface area is 92.9 Å². The maximum Gasteiger partial charge on any atom is 0.474 e. The van der Waals surface area contributed by atoms with Crippen molar-refractivity contribution in [2.24, 2.45) is 0 Å². The molecule has 1 unspecified atom stereocenters. The van der Waals surface area contributed by atoms with Gasteiger partial charge in [0.15, 0.2) is 0 Å². The molecule has 92 valence electrons. The molecular formula is C10H23O4P. The molecule has 0 rings (SSSR count). The van der Waals surface area contributed by atoms with E-state index in [1.807, 2.05) is 0 Å². The van der Waals surface area contributed by atoms with Crippen LogP contribution in [0.25, 0.3) is 0 Å². The Bertz CT molecular complexity index is 184. The highest BCUT2D eigenvalue weighted by Crippen LogP contribution is 2.48. The van der Waals surface area contributed by atoms with Gasteiger partial charge in [-0.1, -0.05) is 32.6 Å². The normalized spacial score (nSPS) is 15.1. The number of hydrogen-bond acceptors (Lipinski definition) is 4. The molecule has 0 aliphatic rings. The zero-order chi connectivity index (χ0) is 11.6. The van der Waals surface area contributed by atoms with Gasteiger partial charge < -0.3 is 0 Å². The molecule has 0 fully saturated rings. The molecule has 0 aliphatic heterocycles. The molecule has 4 nitrogen and oxygen atoms in total. The molecule has 0 saturated heterocycles. The zero-order valence-corrected chi connectivity index (χ0v) is 10.9. The summed E-state index contributed by atoms with van der Waals surface area (Å²) in [6.45, 7) is 4.71. The van der Waals surface area contributed by atoms with Crippen LogP contribution in [-0.2, 0) is 18.1 Å². The van der Waals surface area contributed by atoms with E-state index < -0.39 is 7.82 Å². The van der Waals surface area contributed by atoms with Crippen LogP contribution in [0, 0.1) is 0 Å². The van der Waals surface area contributed by atoms with E-state index in [-0.39, 0.29) is 0 Å². The molecule has 0 spiro atoms. The maximum atomic E-state index is 11.6. The number of unbranched alkanes of at least 4 members (excludes halogenated alkanes) is 4. The first kappa shape index (κ1) is 15.1. The van der Waals surface area contributed by atoms with Gasteiger partial charge >= 0.3 is 7.82 Å². The molecule has 1 atom stereocenters. The third-order valence-corrected chi connectivity index (χ3v) is 3.53. The van der Waals surface area contributed by atoms with Crippen LogP contribution in [0.5, 0.6) is 0 Å². The van der Waals surface area contributed by atoms with E-state index in [9.17, 15) is 4.57 Å². The molecule has 15 heavy (non-hydrogen) atoms. The number of phosphoric acid groups is 1. The highest BCUT2D eigenvalue weighted by molar-refractivity contribution is 7.48. The van der Waals surface area contributed by atoms with Crippen molar-refractivity contribution in [1.29, 1.82) is 0 Å². The Balaban J connectivity index is 3.50. The fourth-order valence-electron chi connectivity index (χ4n) is 1.18. The van der Waals surface area contributed by atoms with Crippen molar-refractivity contribution in [3.05, 3.63) is 0 Å². The molecule has 0 radical (unpaired) electrons. The van der Waals surface area contributed by atoms with Gasteiger partial charge in [-0.05, 0) is 13.3 Å². The van der Waals surface area contributed by atoms with Gasteiger partial charge in [0.25, 0.3) is 0 Å². The van der Waals surface area contributed by atoms with E-state index in [0.29, 0.717) is 13.2 Å². The molecular weight excluding hydrogens is 215 g/mol. The zero-order valence-electron chi connectivity index (χ0n) is 10.0. The van der Waals surface area contributed by atoms with Crippen LogP contribution in [0.4, 0.5) is 0 Å². The summed E-state index contributed by atoms with van der Waals surface area (Å²) in [5.41, 5.74) is 0. The van der Waals surface area contributed by atoms with Gasteiger partial charge in [0.05, 0.1) is 13.2 Å². The third-order valence-electron chi connectivity index (χ3n) is 2.01. The van der Waals surface area contributed by atoms with Gasteiger partial charge in [-0.15, -0.1) is 0 Å². The second kappa shape index (κ2) is 9.34. The number of hydrogen-bond donors (Lipinski definition) is 0. The minimum atomic E-state index is -3.26. The average molecular weight is 238 g/mol. The summed E-state index contributed by atoms with van der Waals surface area (Å²) in [6, 6.07) is 0. The van der Waals surface area contributed by atoms with Gasteiger partial charge in [0.1, 0.15) is 0 Å². The first-order valence-corrected chi connectivity index (χ1v) is 7.09. The van der Waals surface area contributed by atoms with Crippen molar-refractivity contribution in [2.75, 3.05) is 20.3 Å². The highest BCUT2D eigenvalue weighted by atomic mass is 31.2. The lowest BCUT2D eigenvalue weighted by Crippen LogP contribution is -1.99. The molecule has 0 aromatic heterocycles. The number of rotatable bonds is 10.